The van der Waals surface area contributed by atoms with Crippen LogP contribution in [-0.2, 0) is 27.9 Å². The molecule has 0 aliphatic carbocycles. The van der Waals surface area contributed by atoms with Crippen LogP contribution in [0.15, 0.2) is 35.7 Å². The van der Waals surface area contributed by atoms with E-state index in [-0.39, 0.29) is 30.2 Å². The fourth-order valence-electron chi connectivity index (χ4n) is 3.54. The maximum absolute atomic E-state index is 12.9. The summed E-state index contributed by atoms with van der Waals surface area (Å²) in [6, 6.07) is 5.52. The third kappa shape index (κ3) is 4.08. The van der Waals surface area contributed by atoms with Gasteiger partial charge < -0.3 is 19.4 Å². The molecule has 2 aliphatic rings. The first-order valence-corrected chi connectivity index (χ1v) is 11.1. The second kappa shape index (κ2) is 8.03. The number of aromatic nitrogens is 2. The van der Waals surface area contributed by atoms with Crippen LogP contribution in [0.25, 0.3) is 0 Å². The molecule has 10 heteroatoms. The van der Waals surface area contributed by atoms with Gasteiger partial charge in [-0.25, -0.2) is 13.4 Å². The highest BCUT2D eigenvalue weighted by Gasteiger charge is 2.34. The highest BCUT2D eigenvalue weighted by atomic mass is 32.2. The number of fused-ring (bicyclic) bond motifs is 1. The van der Waals surface area contributed by atoms with Crippen LogP contribution in [0.3, 0.4) is 0 Å². The Morgan fingerprint density at radius 1 is 1.31 bits per heavy atom. The molecule has 3 heterocycles. The third-order valence-electron chi connectivity index (χ3n) is 5.24. The van der Waals surface area contributed by atoms with Crippen LogP contribution in [0.5, 0.6) is 11.5 Å². The Morgan fingerprint density at radius 3 is 2.93 bits per heavy atom. The smallest absolute Gasteiger partial charge is 0.262 e. The molecule has 9 nitrogen and oxygen atoms in total. The van der Waals surface area contributed by atoms with E-state index in [1.54, 1.807) is 4.57 Å². The summed E-state index contributed by atoms with van der Waals surface area (Å²) in [5, 5.41) is 2.94. The van der Waals surface area contributed by atoms with Crippen molar-refractivity contribution < 1.29 is 22.7 Å². The first kappa shape index (κ1) is 19.7. The van der Waals surface area contributed by atoms with E-state index in [2.05, 4.69) is 10.3 Å². The number of hydrogen-bond acceptors (Lipinski definition) is 6. The lowest BCUT2D eigenvalue weighted by Gasteiger charge is -2.30. The summed E-state index contributed by atoms with van der Waals surface area (Å²) < 4.78 is 39.4. The van der Waals surface area contributed by atoms with Gasteiger partial charge in [-0.05, 0) is 37.5 Å². The number of rotatable bonds is 6. The second-order valence-corrected chi connectivity index (χ2v) is 9.03. The number of aryl methyl sites for hydroxylation is 1. The third-order valence-corrected chi connectivity index (χ3v) is 6.99. The Labute approximate surface area is 169 Å². The van der Waals surface area contributed by atoms with Crippen molar-refractivity contribution in [2.75, 3.05) is 19.9 Å². The largest absolute Gasteiger partial charge is 0.454 e. The highest BCUT2D eigenvalue weighted by molar-refractivity contribution is 7.89. The minimum absolute atomic E-state index is 0.0285. The van der Waals surface area contributed by atoms with E-state index in [0.717, 1.165) is 5.56 Å². The summed E-state index contributed by atoms with van der Waals surface area (Å²) in [7, 11) is -3.70. The summed E-state index contributed by atoms with van der Waals surface area (Å²) >= 11 is 0. The molecule has 29 heavy (non-hydrogen) atoms. The van der Waals surface area contributed by atoms with Crippen LogP contribution in [0.1, 0.15) is 25.3 Å². The Kier molecular flexibility index (Phi) is 5.46. The molecule has 1 atom stereocenters. The molecule has 0 spiro atoms. The molecule has 1 aromatic heterocycles. The maximum atomic E-state index is 12.9. The van der Waals surface area contributed by atoms with Crippen molar-refractivity contribution in [1.29, 1.82) is 0 Å². The Morgan fingerprint density at radius 2 is 2.14 bits per heavy atom. The number of hydrogen-bond donors (Lipinski definition) is 1. The van der Waals surface area contributed by atoms with Gasteiger partial charge in [0.05, 0.1) is 12.2 Å². The average Bonchev–Trinajstić information content (AvgIpc) is 3.41. The highest BCUT2D eigenvalue weighted by Crippen LogP contribution is 2.32. The molecule has 2 aromatic rings. The molecule has 1 N–H and O–H groups in total. The van der Waals surface area contributed by atoms with E-state index < -0.39 is 10.0 Å². The lowest BCUT2D eigenvalue weighted by Crippen LogP contribution is -2.45. The summed E-state index contributed by atoms with van der Waals surface area (Å²) in [5.74, 6) is 0.819. The van der Waals surface area contributed by atoms with Gasteiger partial charge in [0.1, 0.15) is 0 Å². The number of carbonyl (C=O) groups is 1. The topological polar surface area (TPSA) is 103 Å². The molecule has 1 fully saturated rings. The van der Waals surface area contributed by atoms with Gasteiger partial charge in [-0.2, -0.15) is 4.31 Å². The number of amides is 1. The van der Waals surface area contributed by atoms with Gasteiger partial charge in [-0.3, -0.25) is 4.79 Å². The quantitative estimate of drug-likeness (QED) is 0.757. The number of nitrogens with one attached hydrogen (secondary N) is 1. The van der Waals surface area contributed by atoms with Crippen LogP contribution in [0.4, 0.5) is 0 Å². The zero-order chi connectivity index (χ0) is 20.4. The standard InChI is InChI=1S/C19H24N4O5S/c1-2-22-11-18(21-12-22)29(25,26)23-7-3-4-15(10-23)19(24)20-9-14-5-6-16-17(8-14)28-13-27-16/h5-6,8,11-12,15H,2-4,7,9-10,13H2,1H3,(H,20,24)/t15-/m1/s1. The zero-order valence-corrected chi connectivity index (χ0v) is 17.0. The monoisotopic (exact) mass is 420 g/mol. The van der Waals surface area contributed by atoms with Crippen LogP contribution in [0.2, 0.25) is 0 Å². The Bertz CT molecular complexity index is 1000. The lowest BCUT2D eigenvalue weighted by molar-refractivity contribution is -0.126. The van der Waals surface area contributed by atoms with E-state index in [4.69, 9.17) is 9.47 Å². The fraction of sp³-hybridized carbons (Fsp3) is 0.474. The van der Waals surface area contributed by atoms with E-state index in [1.165, 1.54) is 16.8 Å². The molecule has 0 unspecified atom stereocenters. The molecule has 4 rings (SSSR count). The zero-order valence-electron chi connectivity index (χ0n) is 16.2. The first-order valence-electron chi connectivity index (χ1n) is 9.65. The summed E-state index contributed by atoms with van der Waals surface area (Å²) in [5.41, 5.74) is 0.896. The van der Waals surface area contributed by atoms with Crippen molar-refractivity contribution in [3.8, 4) is 11.5 Å². The Balaban J connectivity index is 1.38. The molecule has 1 amide bonds. The number of piperidine rings is 1. The van der Waals surface area contributed by atoms with Gasteiger partial charge in [0, 0.05) is 32.4 Å². The SMILES string of the molecule is CCn1cnc(S(=O)(=O)N2CCC[C@@H](C(=O)NCc3ccc4c(c3)OCO4)C2)c1. The van der Waals surface area contributed by atoms with Gasteiger partial charge >= 0.3 is 0 Å². The van der Waals surface area contributed by atoms with Crippen molar-refractivity contribution in [2.24, 2.45) is 5.92 Å². The number of benzene rings is 1. The molecule has 1 saturated heterocycles. The normalized spacial score (nSPS) is 19.3. The van der Waals surface area contributed by atoms with Crippen LogP contribution in [0, 0.1) is 5.92 Å². The summed E-state index contributed by atoms with van der Waals surface area (Å²) in [4.78, 5) is 16.7. The summed E-state index contributed by atoms with van der Waals surface area (Å²) in [6.07, 6.45) is 4.32. The van der Waals surface area contributed by atoms with Crippen molar-refractivity contribution in [3.63, 3.8) is 0 Å². The molecule has 0 saturated carbocycles. The number of sulfonamides is 1. The average molecular weight is 420 g/mol. The molecular weight excluding hydrogens is 396 g/mol. The minimum atomic E-state index is -3.70. The van der Waals surface area contributed by atoms with Crippen molar-refractivity contribution in [2.45, 2.75) is 37.9 Å². The van der Waals surface area contributed by atoms with Gasteiger partial charge in [-0.1, -0.05) is 6.07 Å². The van der Waals surface area contributed by atoms with Crippen molar-refractivity contribution in [3.05, 3.63) is 36.3 Å². The molecule has 1 aromatic carbocycles. The Hall–Kier alpha value is -2.59. The van der Waals surface area contributed by atoms with E-state index in [9.17, 15) is 13.2 Å². The molecule has 156 valence electrons. The maximum Gasteiger partial charge on any atom is 0.262 e. The fourth-order valence-corrected chi connectivity index (χ4v) is 5.00. The molecule has 2 aliphatic heterocycles. The second-order valence-electron chi connectivity index (χ2n) is 7.15. The summed E-state index contributed by atoms with van der Waals surface area (Å²) in [6.45, 7) is 3.67. The van der Waals surface area contributed by atoms with Crippen molar-refractivity contribution >= 4 is 15.9 Å². The van der Waals surface area contributed by atoms with E-state index in [0.29, 0.717) is 44.0 Å². The molecule has 0 radical (unpaired) electrons. The van der Waals surface area contributed by atoms with Gasteiger partial charge in [-0.15, -0.1) is 0 Å². The van der Waals surface area contributed by atoms with Crippen molar-refractivity contribution in [1.82, 2.24) is 19.2 Å². The minimum Gasteiger partial charge on any atom is -0.454 e. The first-order chi connectivity index (χ1) is 14.0. The predicted octanol–water partition coefficient (Wildman–Crippen LogP) is 1.35. The number of carbonyl (C=O) groups excluding carboxylic acids is 1. The number of ether oxygens (including phenoxy) is 2. The van der Waals surface area contributed by atoms with E-state index >= 15 is 0 Å². The number of nitrogens with zero attached hydrogens (tertiary/aromatic N) is 3. The van der Waals surface area contributed by atoms with Gasteiger partial charge in [0.15, 0.2) is 16.5 Å². The lowest BCUT2D eigenvalue weighted by atomic mass is 9.98. The number of imidazole rings is 1. The molecular formula is C19H24N4O5S. The van der Waals surface area contributed by atoms with E-state index in [1.807, 2.05) is 25.1 Å². The molecule has 0 bridgehead atoms. The van der Waals surface area contributed by atoms with Crippen LogP contribution in [-0.4, -0.2) is 48.1 Å². The predicted molar refractivity (Wildman–Crippen MR) is 104 cm³/mol. The van der Waals surface area contributed by atoms with Gasteiger partial charge in [0.25, 0.3) is 10.0 Å². The van der Waals surface area contributed by atoms with Gasteiger partial charge in [0.2, 0.25) is 12.7 Å². The van der Waals surface area contributed by atoms with Crippen LogP contribution < -0.4 is 14.8 Å². The van der Waals surface area contributed by atoms with Crippen LogP contribution >= 0.6 is 0 Å².